The minimum Gasteiger partial charge on any atom is -0.493 e. The molecule has 1 aliphatic carbocycles. The molecule has 0 radical (unpaired) electrons. The molecule has 0 unspecified atom stereocenters. The lowest BCUT2D eigenvalue weighted by atomic mass is 10.2. The quantitative estimate of drug-likeness (QED) is 0.493. The van der Waals surface area contributed by atoms with Crippen LogP contribution in [0.2, 0.25) is 0 Å². The van der Waals surface area contributed by atoms with Gasteiger partial charge in [0.1, 0.15) is 5.01 Å². The van der Waals surface area contributed by atoms with E-state index in [4.69, 9.17) is 9.47 Å². The summed E-state index contributed by atoms with van der Waals surface area (Å²) in [6, 6.07) is 5.75. The minimum absolute atomic E-state index is 0.151. The molecule has 10 heteroatoms. The van der Waals surface area contributed by atoms with Gasteiger partial charge in [0.2, 0.25) is 0 Å². The molecule has 1 aromatic heterocycles. The Kier molecular flexibility index (Phi) is 7.41. The Labute approximate surface area is 177 Å². The highest BCUT2D eigenvalue weighted by molar-refractivity contribution is 7.09. The van der Waals surface area contributed by atoms with Crippen molar-refractivity contribution < 1.29 is 22.6 Å². The molecule has 0 amide bonds. The number of aliphatic imine (C=N–C) groups is 1. The molecule has 0 bridgehead atoms. The fourth-order valence-electron chi connectivity index (χ4n) is 3.19. The van der Waals surface area contributed by atoms with Crippen molar-refractivity contribution in [3.05, 3.63) is 39.8 Å². The van der Waals surface area contributed by atoms with Crippen molar-refractivity contribution in [2.75, 3.05) is 14.2 Å². The summed E-state index contributed by atoms with van der Waals surface area (Å²) in [6.07, 6.45) is 0.339. The number of ether oxygens (including phenoxy) is 2. The van der Waals surface area contributed by atoms with Crippen LogP contribution >= 0.6 is 11.3 Å². The van der Waals surface area contributed by atoms with Crippen molar-refractivity contribution >= 4 is 17.3 Å². The number of hydrogen-bond acceptors (Lipinski definition) is 5. The summed E-state index contributed by atoms with van der Waals surface area (Å²) in [4.78, 5) is 7.69. The van der Waals surface area contributed by atoms with E-state index in [1.54, 1.807) is 14.2 Å². The van der Waals surface area contributed by atoms with E-state index in [1.165, 1.54) is 12.8 Å². The molecule has 1 saturated carbocycles. The summed E-state index contributed by atoms with van der Waals surface area (Å²) >= 11 is 0.956. The number of halogens is 3. The van der Waals surface area contributed by atoms with Gasteiger partial charge in [-0.05, 0) is 43.4 Å². The molecule has 0 saturated heterocycles. The lowest BCUT2D eigenvalue weighted by Crippen LogP contribution is -2.36. The number of nitrogens with zero attached hydrogens (tertiary/aromatic N) is 2. The molecule has 0 aliphatic heterocycles. The molecule has 164 valence electrons. The summed E-state index contributed by atoms with van der Waals surface area (Å²) in [5.74, 6) is 1.87. The first-order valence-corrected chi connectivity index (χ1v) is 10.6. The molecule has 1 heterocycles. The third-order valence-corrected chi connectivity index (χ3v) is 5.61. The Hall–Kier alpha value is -2.49. The Morgan fingerprint density at radius 2 is 1.93 bits per heavy atom. The summed E-state index contributed by atoms with van der Waals surface area (Å²) in [7, 11) is 3.20. The highest BCUT2D eigenvalue weighted by atomic mass is 32.1. The van der Waals surface area contributed by atoms with E-state index in [0.29, 0.717) is 23.3 Å². The van der Waals surface area contributed by atoms with Gasteiger partial charge in [-0.3, -0.25) is 4.99 Å². The van der Waals surface area contributed by atoms with Gasteiger partial charge in [-0.2, -0.15) is 13.2 Å². The number of aromatic nitrogens is 1. The molecule has 30 heavy (non-hydrogen) atoms. The van der Waals surface area contributed by atoms with Crippen molar-refractivity contribution in [1.82, 2.24) is 15.6 Å². The third kappa shape index (κ3) is 6.01. The largest absolute Gasteiger partial charge is 0.493 e. The van der Waals surface area contributed by atoms with Crippen LogP contribution in [0, 0.1) is 0 Å². The van der Waals surface area contributed by atoms with Crippen molar-refractivity contribution in [1.29, 1.82) is 0 Å². The SMILES string of the molecule is CN=C(NCc1ccc(OC2CCCC2)c(OC)c1)NCc1nc(C(F)(F)F)cs1. The van der Waals surface area contributed by atoms with Gasteiger partial charge in [0, 0.05) is 19.0 Å². The van der Waals surface area contributed by atoms with E-state index in [-0.39, 0.29) is 12.6 Å². The van der Waals surface area contributed by atoms with Crippen molar-refractivity contribution in [3.63, 3.8) is 0 Å². The van der Waals surface area contributed by atoms with Gasteiger partial charge in [0.15, 0.2) is 23.2 Å². The average Bonchev–Trinajstić information content (AvgIpc) is 3.40. The standard InChI is InChI=1S/C20H25F3N4O2S/c1-24-19(26-11-18-27-17(12-30-18)20(21,22)23)25-10-13-7-8-15(16(9-13)28-2)29-14-5-3-4-6-14/h7-9,12,14H,3-6,10-11H2,1-2H3,(H2,24,25,26). The molecular formula is C20H25F3N4O2S. The maximum atomic E-state index is 12.6. The van der Waals surface area contributed by atoms with Crippen molar-refractivity contribution in [3.8, 4) is 11.5 Å². The molecule has 1 fully saturated rings. The zero-order chi connectivity index (χ0) is 21.6. The minimum atomic E-state index is -4.43. The van der Waals surface area contributed by atoms with E-state index in [9.17, 15) is 13.2 Å². The van der Waals surface area contributed by atoms with Crippen molar-refractivity contribution in [2.24, 2.45) is 4.99 Å². The zero-order valence-corrected chi connectivity index (χ0v) is 17.7. The fourth-order valence-corrected chi connectivity index (χ4v) is 3.93. The second-order valence-electron chi connectivity index (χ2n) is 6.91. The molecule has 1 aliphatic rings. The molecule has 0 spiro atoms. The molecule has 6 nitrogen and oxygen atoms in total. The summed E-state index contributed by atoms with van der Waals surface area (Å²) < 4.78 is 49.5. The van der Waals surface area contributed by atoms with Crippen LogP contribution in [-0.2, 0) is 19.3 Å². The Morgan fingerprint density at radius 1 is 1.20 bits per heavy atom. The predicted octanol–water partition coefficient (Wildman–Crippen LogP) is 4.36. The molecule has 2 aromatic rings. The Bertz CT molecular complexity index is 864. The topological polar surface area (TPSA) is 67.8 Å². The van der Waals surface area contributed by atoms with Crippen LogP contribution in [0.1, 0.15) is 41.9 Å². The van der Waals surface area contributed by atoms with E-state index >= 15 is 0 Å². The van der Waals surface area contributed by atoms with E-state index in [2.05, 4.69) is 20.6 Å². The van der Waals surface area contributed by atoms with Gasteiger partial charge < -0.3 is 20.1 Å². The second-order valence-corrected chi connectivity index (χ2v) is 7.86. The molecular weight excluding hydrogens is 417 g/mol. The fraction of sp³-hybridized carbons (Fsp3) is 0.500. The van der Waals surface area contributed by atoms with Crippen LogP contribution < -0.4 is 20.1 Å². The Balaban J connectivity index is 1.53. The van der Waals surface area contributed by atoms with Gasteiger partial charge >= 0.3 is 6.18 Å². The first-order chi connectivity index (χ1) is 14.4. The maximum Gasteiger partial charge on any atom is 0.434 e. The highest BCUT2D eigenvalue weighted by Crippen LogP contribution is 2.32. The number of hydrogen-bond donors (Lipinski definition) is 2. The number of alkyl halides is 3. The smallest absolute Gasteiger partial charge is 0.434 e. The number of rotatable bonds is 7. The van der Waals surface area contributed by atoms with Gasteiger partial charge in [-0.1, -0.05) is 6.07 Å². The maximum absolute atomic E-state index is 12.6. The number of guanidine groups is 1. The number of benzene rings is 1. The zero-order valence-electron chi connectivity index (χ0n) is 16.9. The van der Waals surface area contributed by atoms with Crippen LogP contribution in [-0.4, -0.2) is 31.2 Å². The summed E-state index contributed by atoms with van der Waals surface area (Å²) in [5, 5.41) is 7.45. The average molecular weight is 443 g/mol. The van der Waals surface area contributed by atoms with Crippen molar-refractivity contribution in [2.45, 2.75) is 51.1 Å². The van der Waals surface area contributed by atoms with Gasteiger partial charge in [0.25, 0.3) is 0 Å². The Morgan fingerprint density at radius 3 is 2.57 bits per heavy atom. The van der Waals surface area contributed by atoms with E-state index < -0.39 is 11.9 Å². The first kappa shape index (κ1) is 22.2. The van der Waals surface area contributed by atoms with Crippen LogP contribution in [0.15, 0.2) is 28.6 Å². The predicted molar refractivity (Wildman–Crippen MR) is 110 cm³/mol. The molecule has 1 aromatic carbocycles. The first-order valence-electron chi connectivity index (χ1n) is 9.68. The van der Waals surface area contributed by atoms with Crippen LogP contribution in [0.25, 0.3) is 0 Å². The van der Waals surface area contributed by atoms with Crippen LogP contribution in [0.3, 0.4) is 0 Å². The monoisotopic (exact) mass is 442 g/mol. The summed E-state index contributed by atoms with van der Waals surface area (Å²) in [5.41, 5.74) is 0.0847. The van der Waals surface area contributed by atoms with Crippen LogP contribution in [0.5, 0.6) is 11.5 Å². The van der Waals surface area contributed by atoms with Gasteiger partial charge in [-0.15, -0.1) is 11.3 Å². The number of nitrogens with one attached hydrogen (secondary N) is 2. The lowest BCUT2D eigenvalue weighted by molar-refractivity contribution is -0.140. The molecule has 3 rings (SSSR count). The normalized spacial score (nSPS) is 15.3. The number of methoxy groups -OCH3 is 1. The third-order valence-electron chi connectivity index (χ3n) is 4.76. The highest BCUT2D eigenvalue weighted by Gasteiger charge is 2.33. The molecule has 2 N–H and O–H groups in total. The second kappa shape index (κ2) is 10.0. The lowest BCUT2D eigenvalue weighted by Gasteiger charge is -2.17. The molecule has 0 atom stereocenters. The van der Waals surface area contributed by atoms with Crippen LogP contribution in [0.4, 0.5) is 13.2 Å². The summed E-state index contributed by atoms with van der Waals surface area (Å²) in [6.45, 7) is 0.614. The van der Waals surface area contributed by atoms with E-state index in [0.717, 1.165) is 40.9 Å². The number of thiazole rings is 1. The van der Waals surface area contributed by atoms with Gasteiger partial charge in [-0.25, -0.2) is 4.98 Å². The van der Waals surface area contributed by atoms with E-state index in [1.807, 2.05) is 18.2 Å². The van der Waals surface area contributed by atoms with Gasteiger partial charge in [0.05, 0.1) is 19.8 Å².